The molecule has 1 aliphatic carbocycles. The molecule has 96 valence electrons. The Morgan fingerprint density at radius 3 is 3.06 bits per heavy atom. The Kier molecular flexibility index (Phi) is 3.37. The Hall–Kier alpha value is -0.910. The SMILES string of the molecule is COCCN(c1nc(Cl)nc2sccc12)C1CC1. The van der Waals surface area contributed by atoms with Crippen LogP contribution in [-0.2, 0) is 4.74 Å². The molecule has 0 N–H and O–H groups in total. The van der Waals surface area contributed by atoms with Crippen molar-refractivity contribution in [3.05, 3.63) is 16.7 Å². The third-order valence-corrected chi connectivity index (χ3v) is 4.05. The molecule has 2 aromatic rings. The molecule has 3 rings (SSSR count). The molecule has 0 aromatic carbocycles. The van der Waals surface area contributed by atoms with E-state index in [9.17, 15) is 0 Å². The first-order chi connectivity index (χ1) is 8.79. The largest absolute Gasteiger partial charge is 0.383 e. The molecule has 4 nitrogen and oxygen atoms in total. The van der Waals surface area contributed by atoms with Crippen LogP contribution < -0.4 is 4.90 Å². The van der Waals surface area contributed by atoms with Gasteiger partial charge in [0.15, 0.2) is 0 Å². The van der Waals surface area contributed by atoms with Gasteiger partial charge in [-0.05, 0) is 35.9 Å². The summed E-state index contributed by atoms with van der Waals surface area (Å²) in [6.45, 7) is 1.54. The van der Waals surface area contributed by atoms with Gasteiger partial charge in [0, 0.05) is 19.7 Å². The number of methoxy groups -OCH3 is 1. The lowest BCUT2D eigenvalue weighted by Crippen LogP contribution is -2.30. The van der Waals surface area contributed by atoms with Crippen molar-refractivity contribution in [1.82, 2.24) is 9.97 Å². The van der Waals surface area contributed by atoms with Crippen molar-refractivity contribution in [2.45, 2.75) is 18.9 Å². The molecule has 0 bridgehead atoms. The van der Waals surface area contributed by atoms with Gasteiger partial charge in [-0.2, -0.15) is 4.98 Å². The lowest BCUT2D eigenvalue weighted by molar-refractivity contribution is 0.205. The van der Waals surface area contributed by atoms with E-state index in [-0.39, 0.29) is 0 Å². The van der Waals surface area contributed by atoms with Gasteiger partial charge in [0.25, 0.3) is 0 Å². The van der Waals surface area contributed by atoms with Crippen molar-refractivity contribution < 1.29 is 4.74 Å². The van der Waals surface area contributed by atoms with Gasteiger partial charge in [0.1, 0.15) is 10.6 Å². The monoisotopic (exact) mass is 283 g/mol. The van der Waals surface area contributed by atoms with Crippen molar-refractivity contribution in [2.75, 3.05) is 25.2 Å². The first kappa shape index (κ1) is 12.1. The third kappa shape index (κ3) is 2.30. The summed E-state index contributed by atoms with van der Waals surface area (Å²) in [6, 6.07) is 2.64. The highest BCUT2D eigenvalue weighted by atomic mass is 35.5. The number of ether oxygens (including phenoxy) is 1. The second-order valence-electron chi connectivity index (χ2n) is 4.37. The number of hydrogen-bond acceptors (Lipinski definition) is 5. The van der Waals surface area contributed by atoms with Crippen LogP contribution in [0.25, 0.3) is 10.2 Å². The fourth-order valence-corrected chi connectivity index (χ4v) is 3.04. The summed E-state index contributed by atoms with van der Waals surface area (Å²) in [5.74, 6) is 0.950. The highest BCUT2D eigenvalue weighted by Crippen LogP contribution is 2.35. The Balaban J connectivity index is 2.01. The third-order valence-electron chi connectivity index (χ3n) is 3.07. The predicted molar refractivity (Wildman–Crippen MR) is 74.7 cm³/mol. The van der Waals surface area contributed by atoms with Crippen LogP contribution in [0.1, 0.15) is 12.8 Å². The fourth-order valence-electron chi connectivity index (χ4n) is 2.07. The Morgan fingerprint density at radius 1 is 1.50 bits per heavy atom. The molecule has 0 radical (unpaired) electrons. The van der Waals surface area contributed by atoms with E-state index >= 15 is 0 Å². The number of nitrogens with zero attached hydrogens (tertiary/aromatic N) is 3. The molecule has 0 unspecified atom stereocenters. The minimum absolute atomic E-state index is 0.322. The second-order valence-corrected chi connectivity index (χ2v) is 5.61. The molecule has 1 fully saturated rings. The minimum Gasteiger partial charge on any atom is -0.383 e. The van der Waals surface area contributed by atoms with Gasteiger partial charge in [0.05, 0.1) is 12.0 Å². The van der Waals surface area contributed by atoms with Crippen molar-refractivity contribution >= 4 is 39.0 Å². The van der Waals surface area contributed by atoms with Crippen molar-refractivity contribution in [2.24, 2.45) is 0 Å². The van der Waals surface area contributed by atoms with Gasteiger partial charge in [-0.1, -0.05) is 0 Å². The van der Waals surface area contributed by atoms with Crippen LogP contribution in [0.5, 0.6) is 0 Å². The van der Waals surface area contributed by atoms with E-state index in [1.54, 1.807) is 18.4 Å². The summed E-state index contributed by atoms with van der Waals surface area (Å²) in [5, 5.41) is 3.44. The number of aromatic nitrogens is 2. The summed E-state index contributed by atoms with van der Waals surface area (Å²) < 4.78 is 5.18. The average Bonchev–Trinajstić information content (AvgIpc) is 3.08. The van der Waals surface area contributed by atoms with E-state index in [1.807, 2.05) is 5.38 Å². The average molecular weight is 284 g/mol. The molecule has 0 amide bonds. The molecule has 6 heteroatoms. The number of fused-ring (bicyclic) bond motifs is 1. The van der Waals surface area contributed by atoms with Crippen LogP contribution in [0.2, 0.25) is 5.28 Å². The molecule has 0 spiro atoms. The first-order valence-corrected chi connectivity index (χ1v) is 7.21. The van der Waals surface area contributed by atoms with E-state index < -0.39 is 0 Å². The number of hydrogen-bond donors (Lipinski definition) is 0. The van der Waals surface area contributed by atoms with Crippen LogP contribution in [0.15, 0.2) is 11.4 Å². The van der Waals surface area contributed by atoms with Gasteiger partial charge < -0.3 is 9.64 Å². The van der Waals surface area contributed by atoms with E-state index in [0.717, 1.165) is 22.6 Å². The Labute approximate surface area is 115 Å². The lowest BCUT2D eigenvalue weighted by atomic mass is 10.3. The molecule has 0 atom stereocenters. The maximum Gasteiger partial charge on any atom is 0.225 e. The Bertz CT molecular complexity index is 555. The van der Waals surface area contributed by atoms with Gasteiger partial charge in [-0.3, -0.25) is 0 Å². The number of halogens is 1. The standard InChI is InChI=1S/C12H14ClN3OS/c1-17-6-5-16(8-2-3-8)10-9-4-7-18-11(9)15-12(13)14-10/h4,7-8H,2-3,5-6H2,1H3. The maximum absolute atomic E-state index is 6.01. The molecule has 18 heavy (non-hydrogen) atoms. The predicted octanol–water partition coefficient (Wildman–Crippen LogP) is 2.96. The summed E-state index contributed by atoms with van der Waals surface area (Å²) in [4.78, 5) is 11.9. The fraction of sp³-hybridized carbons (Fsp3) is 0.500. The van der Waals surface area contributed by atoms with Crippen molar-refractivity contribution in [3.8, 4) is 0 Å². The number of rotatable bonds is 5. The van der Waals surface area contributed by atoms with E-state index in [4.69, 9.17) is 16.3 Å². The zero-order valence-corrected chi connectivity index (χ0v) is 11.7. The summed E-state index contributed by atoms with van der Waals surface area (Å²) in [6.07, 6.45) is 2.44. The van der Waals surface area contributed by atoms with Gasteiger partial charge in [-0.25, -0.2) is 4.98 Å². The van der Waals surface area contributed by atoms with Crippen molar-refractivity contribution in [3.63, 3.8) is 0 Å². The van der Waals surface area contributed by atoms with Crippen LogP contribution >= 0.6 is 22.9 Å². The minimum atomic E-state index is 0.322. The normalized spacial score (nSPS) is 15.2. The van der Waals surface area contributed by atoms with Gasteiger partial charge in [-0.15, -0.1) is 11.3 Å². The molecule has 1 aliphatic rings. The molecule has 0 aliphatic heterocycles. The topological polar surface area (TPSA) is 38.2 Å². The molecule has 0 saturated heterocycles. The van der Waals surface area contributed by atoms with Crippen LogP contribution in [-0.4, -0.2) is 36.3 Å². The maximum atomic E-state index is 6.01. The van der Waals surface area contributed by atoms with Gasteiger partial charge in [0.2, 0.25) is 5.28 Å². The van der Waals surface area contributed by atoms with E-state index in [1.165, 1.54) is 12.8 Å². The first-order valence-electron chi connectivity index (χ1n) is 5.96. The van der Waals surface area contributed by atoms with Crippen LogP contribution in [0, 0.1) is 0 Å². The summed E-state index contributed by atoms with van der Waals surface area (Å²) in [5.41, 5.74) is 0. The van der Waals surface area contributed by atoms with E-state index in [2.05, 4.69) is 20.9 Å². The second kappa shape index (κ2) is 4.99. The highest BCUT2D eigenvalue weighted by molar-refractivity contribution is 7.16. The smallest absolute Gasteiger partial charge is 0.225 e. The molecule has 2 heterocycles. The lowest BCUT2D eigenvalue weighted by Gasteiger charge is -2.23. The molecule has 1 saturated carbocycles. The number of thiophene rings is 1. The highest BCUT2D eigenvalue weighted by Gasteiger charge is 2.31. The van der Waals surface area contributed by atoms with E-state index in [0.29, 0.717) is 17.9 Å². The molecule has 2 aromatic heterocycles. The Morgan fingerprint density at radius 2 is 2.33 bits per heavy atom. The molecular formula is C12H14ClN3OS. The molecular weight excluding hydrogens is 270 g/mol. The zero-order valence-electron chi connectivity index (χ0n) is 10.1. The summed E-state index contributed by atoms with van der Waals surface area (Å²) >= 11 is 7.61. The summed E-state index contributed by atoms with van der Waals surface area (Å²) in [7, 11) is 1.72. The van der Waals surface area contributed by atoms with Gasteiger partial charge >= 0.3 is 0 Å². The van der Waals surface area contributed by atoms with Crippen molar-refractivity contribution in [1.29, 1.82) is 0 Å². The zero-order chi connectivity index (χ0) is 12.5. The van der Waals surface area contributed by atoms with Crippen LogP contribution in [0.3, 0.4) is 0 Å². The van der Waals surface area contributed by atoms with Crippen LogP contribution in [0.4, 0.5) is 5.82 Å². The number of anilines is 1. The quantitative estimate of drug-likeness (QED) is 0.791.